The number of hydrogen-bond acceptors (Lipinski definition) is 3. The topological polar surface area (TPSA) is 58.4 Å². The van der Waals surface area contributed by atoms with Gasteiger partial charge in [0.25, 0.3) is 5.91 Å². The molecule has 1 aliphatic heterocycles. The summed E-state index contributed by atoms with van der Waals surface area (Å²) in [6.45, 7) is 7.43. The third-order valence-electron chi connectivity index (χ3n) is 4.04. The minimum atomic E-state index is -0.0650. The molecular formula is C16H27Cl2N3O. The van der Waals surface area contributed by atoms with Crippen LogP contribution in [0.5, 0.6) is 0 Å². The van der Waals surface area contributed by atoms with Gasteiger partial charge < -0.3 is 16.0 Å². The Labute approximate surface area is 145 Å². The van der Waals surface area contributed by atoms with Gasteiger partial charge in [-0.25, -0.2) is 0 Å². The molecule has 0 aromatic heterocycles. The Morgan fingerprint density at radius 3 is 2.68 bits per heavy atom. The van der Waals surface area contributed by atoms with Crippen LogP contribution in [0.4, 0.5) is 5.69 Å². The van der Waals surface area contributed by atoms with Gasteiger partial charge in [0.1, 0.15) is 0 Å². The molecule has 6 heteroatoms. The van der Waals surface area contributed by atoms with Crippen molar-refractivity contribution >= 4 is 36.4 Å². The lowest BCUT2D eigenvalue weighted by Crippen LogP contribution is -2.43. The summed E-state index contributed by atoms with van der Waals surface area (Å²) in [6.07, 6.45) is 2.40. The zero-order valence-corrected chi connectivity index (χ0v) is 14.9. The highest BCUT2D eigenvalue weighted by Crippen LogP contribution is 2.18. The van der Waals surface area contributed by atoms with Crippen molar-refractivity contribution in [1.29, 1.82) is 0 Å². The fourth-order valence-electron chi connectivity index (χ4n) is 2.77. The van der Waals surface area contributed by atoms with Crippen molar-refractivity contribution in [2.45, 2.75) is 32.7 Å². The Hall–Kier alpha value is -0.970. The molecule has 4 nitrogen and oxygen atoms in total. The molecule has 2 rings (SSSR count). The van der Waals surface area contributed by atoms with Crippen LogP contribution in [0, 0.1) is 5.92 Å². The second kappa shape index (κ2) is 9.93. The van der Waals surface area contributed by atoms with Gasteiger partial charge in [0, 0.05) is 24.8 Å². The Morgan fingerprint density at radius 1 is 1.36 bits per heavy atom. The van der Waals surface area contributed by atoms with Gasteiger partial charge in [0.2, 0.25) is 0 Å². The van der Waals surface area contributed by atoms with E-state index in [2.05, 4.69) is 24.1 Å². The monoisotopic (exact) mass is 347 g/mol. The normalized spacial score (nSPS) is 18.2. The molecule has 1 aromatic carbocycles. The Morgan fingerprint density at radius 2 is 2.05 bits per heavy atom. The van der Waals surface area contributed by atoms with Crippen molar-refractivity contribution in [1.82, 2.24) is 10.2 Å². The van der Waals surface area contributed by atoms with E-state index in [1.54, 1.807) is 12.1 Å². The number of rotatable bonds is 4. The van der Waals surface area contributed by atoms with E-state index in [9.17, 15) is 4.79 Å². The first-order chi connectivity index (χ1) is 9.58. The van der Waals surface area contributed by atoms with Crippen LogP contribution in [-0.2, 0) is 0 Å². The minimum absolute atomic E-state index is 0. The first-order valence-electron chi connectivity index (χ1n) is 7.44. The number of carbonyl (C=O) groups is 1. The molecule has 1 atom stereocenters. The van der Waals surface area contributed by atoms with E-state index in [0.717, 1.165) is 13.1 Å². The summed E-state index contributed by atoms with van der Waals surface area (Å²) in [6, 6.07) is 7.79. The number of para-hydroxylation sites is 1. The van der Waals surface area contributed by atoms with E-state index in [0.29, 0.717) is 23.2 Å². The van der Waals surface area contributed by atoms with E-state index < -0.39 is 0 Å². The number of halogens is 2. The van der Waals surface area contributed by atoms with Crippen LogP contribution >= 0.6 is 24.8 Å². The van der Waals surface area contributed by atoms with Crippen LogP contribution in [0.2, 0.25) is 0 Å². The molecular weight excluding hydrogens is 321 g/mol. The summed E-state index contributed by atoms with van der Waals surface area (Å²) in [5.74, 6) is 0.477. The summed E-state index contributed by atoms with van der Waals surface area (Å²) in [5.41, 5.74) is 6.94. The first-order valence-corrected chi connectivity index (χ1v) is 7.44. The number of nitrogens with zero attached hydrogens (tertiary/aromatic N) is 1. The number of nitrogen functional groups attached to an aromatic ring is 1. The van der Waals surface area contributed by atoms with Crippen molar-refractivity contribution in [2.75, 3.05) is 25.4 Å². The molecule has 1 aromatic rings. The van der Waals surface area contributed by atoms with Crippen molar-refractivity contribution in [3.63, 3.8) is 0 Å². The summed E-state index contributed by atoms with van der Waals surface area (Å²) in [4.78, 5) is 14.6. The Bertz CT molecular complexity index is 468. The summed E-state index contributed by atoms with van der Waals surface area (Å²) in [5, 5.41) is 3.02. The van der Waals surface area contributed by atoms with Crippen molar-refractivity contribution in [2.24, 2.45) is 5.92 Å². The third kappa shape index (κ3) is 5.67. The zero-order chi connectivity index (χ0) is 14.5. The Balaban J connectivity index is 0.00000220. The van der Waals surface area contributed by atoms with Crippen LogP contribution in [0.3, 0.4) is 0 Å². The van der Waals surface area contributed by atoms with E-state index in [1.807, 2.05) is 12.1 Å². The van der Waals surface area contributed by atoms with Crippen LogP contribution in [-0.4, -0.2) is 36.5 Å². The maximum absolute atomic E-state index is 12.1. The largest absolute Gasteiger partial charge is 0.398 e. The minimum Gasteiger partial charge on any atom is -0.398 e. The molecule has 0 aliphatic carbocycles. The SMILES string of the molecule is CC(C)N1CCCC(CNC(=O)c2ccccc2N)C1.Cl.Cl. The first kappa shape index (κ1) is 21.0. The van der Waals surface area contributed by atoms with E-state index in [-0.39, 0.29) is 30.7 Å². The number of anilines is 1. The number of amides is 1. The van der Waals surface area contributed by atoms with E-state index >= 15 is 0 Å². The van der Waals surface area contributed by atoms with Crippen LogP contribution < -0.4 is 11.1 Å². The molecule has 3 N–H and O–H groups in total. The summed E-state index contributed by atoms with van der Waals surface area (Å²) >= 11 is 0. The van der Waals surface area contributed by atoms with Gasteiger partial charge in [-0.1, -0.05) is 12.1 Å². The number of piperidine rings is 1. The number of nitrogens with two attached hydrogens (primary N) is 1. The lowest BCUT2D eigenvalue weighted by Gasteiger charge is -2.35. The fraction of sp³-hybridized carbons (Fsp3) is 0.562. The van der Waals surface area contributed by atoms with Gasteiger partial charge in [-0.05, 0) is 51.3 Å². The predicted octanol–water partition coefficient (Wildman–Crippen LogP) is 2.96. The Kier molecular flexibility index (Phi) is 9.49. The van der Waals surface area contributed by atoms with E-state index in [4.69, 9.17) is 5.73 Å². The van der Waals surface area contributed by atoms with Gasteiger partial charge in [0.05, 0.1) is 5.56 Å². The van der Waals surface area contributed by atoms with Crippen molar-refractivity contribution in [3.05, 3.63) is 29.8 Å². The second-order valence-electron chi connectivity index (χ2n) is 5.89. The lowest BCUT2D eigenvalue weighted by atomic mass is 9.97. The number of nitrogens with one attached hydrogen (secondary N) is 1. The summed E-state index contributed by atoms with van der Waals surface area (Å²) in [7, 11) is 0. The molecule has 1 heterocycles. The smallest absolute Gasteiger partial charge is 0.253 e. The number of likely N-dealkylation sites (tertiary alicyclic amines) is 1. The molecule has 0 bridgehead atoms. The number of benzene rings is 1. The molecule has 0 spiro atoms. The molecule has 0 radical (unpaired) electrons. The molecule has 126 valence electrons. The molecule has 1 amide bonds. The highest BCUT2D eigenvalue weighted by Gasteiger charge is 2.22. The maximum atomic E-state index is 12.1. The van der Waals surface area contributed by atoms with Crippen LogP contribution in [0.25, 0.3) is 0 Å². The molecule has 1 aliphatic rings. The van der Waals surface area contributed by atoms with Gasteiger partial charge in [-0.15, -0.1) is 24.8 Å². The average Bonchev–Trinajstić information content (AvgIpc) is 2.45. The van der Waals surface area contributed by atoms with Gasteiger partial charge in [0.15, 0.2) is 0 Å². The molecule has 22 heavy (non-hydrogen) atoms. The van der Waals surface area contributed by atoms with Crippen LogP contribution in [0.1, 0.15) is 37.0 Å². The number of carbonyl (C=O) groups excluding carboxylic acids is 1. The molecule has 1 saturated heterocycles. The molecule has 0 saturated carbocycles. The molecule has 1 fully saturated rings. The second-order valence-corrected chi connectivity index (χ2v) is 5.89. The van der Waals surface area contributed by atoms with Gasteiger partial charge in [-0.2, -0.15) is 0 Å². The standard InChI is InChI=1S/C16H25N3O.2ClH/c1-12(2)19-9-5-6-13(11-19)10-18-16(20)14-7-3-4-8-15(14)17;;/h3-4,7-8,12-13H,5-6,9-11,17H2,1-2H3,(H,18,20);2*1H. The lowest BCUT2D eigenvalue weighted by molar-refractivity contribution is 0.0923. The van der Waals surface area contributed by atoms with Crippen molar-refractivity contribution in [3.8, 4) is 0 Å². The van der Waals surface area contributed by atoms with Gasteiger partial charge >= 0.3 is 0 Å². The predicted molar refractivity (Wildman–Crippen MR) is 97.1 cm³/mol. The summed E-state index contributed by atoms with van der Waals surface area (Å²) < 4.78 is 0. The highest BCUT2D eigenvalue weighted by atomic mass is 35.5. The van der Waals surface area contributed by atoms with E-state index in [1.165, 1.54) is 19.4 Å². The average molecular weight is 348 g/mol. The quantitative estimate of drug-likeness (QED) is 0.823. The zero-order valence-electron chi connectivity index (χ0n) is 13.2. The maximum Gasteiger partial charge on any atom is 0.253 e. The van der Waals surface area contributed by atoms with Crippen molar-refractivity contribution < 1.29 is 4.79 Å². The van der Waals surface area contributed by atoms with Gasteiger partial charge in [-0.3, -0.25) is 4.79 Å². The highest BCUT2D eigenvalue weighted by molar-refractivity contribution is 5.99. The third-order valence-corrected chi connectivity index (χ3v) is 4.04. The molecule has 1 unspecified atom stereocenters. The fourth-order valence-corrected chi connectivity index (χ4v) is 2.77. The van der Waals surface area contributed by atoms with Crippen LogP contribution in [0.15, 0.2) is 24.3 Å². The number of hydrogen-bond donors (Lipinski definition) is 2.